The van der Waals surface area contributed by atoms with E-state index in [0.717, 1.165) is 18.5 Å². The van der Waals surface area contributed by atoms with Crippen molar-refractivity contribution in [1.82, 2.24) is 5.32 Å². The van der Waals surface area contributed by atoms with Crippen molar-refractivity contribution in [3.63, 3.8) is 0 Å². The molecule has 0 unspecified atom stereocenters. The van der Waals surface area contributed by atoms with Gasteiger partial charge in [-0.15, -0.1) is 0 Å². The Morgan fingerprint density at radius 1 is 1.25 bits per heavy atom. The van der Waals surface area contributed by atoms with Gasteiger partial charge in [0.25, 0.3) is 0 Å². The third-order valence-electron chi connectivity index (χ3n) is 2.36. The Kier molecular flexibility index (Phi) is 4.35. The molecule has 3 nitrogen and oxygen atoms in total. The third-order valence-corrected chi connectivity index (χ3v) is 2.36. The molecule has 88 valence electrons. The monoisotopic (exact) mass is 220 g/mol. The highest BCUT2D eigenvalue weighted by Gasteiger charge is 2.18. The molecular weight excluding hydrogens is 200 g/mol. The molecule has 0 atom stereocenters. The van der Waals surface area contributed by atoms with Crippen LogP contribution in [-0.4, -0.2) is 11.6 Å². The van der Waals surface area contributed by atoms with Crippen molar-refractivity contribution in [3.05, 3.63) is 30.3 Å². The zero-order valence-corrected chi connectivity index (χ0v) is 10.2. The maximum Gasteiger partial charge on any atom is 0.319 e. The molecule has 2 amide bonds. The Bertz CT molecular complexity index is 333. The number of rotatable bonds is 4. The van der Waals surface area contributed by atoms with Crippen LogP contribution in [0.2, 0.25) is 0 Å². The first-order valence-corrected chi connectivity index (χ1v) is 5.68. The molecule has 3 heteroatoms. The minimum absolute atomic E-state index is 0.148. The zero-order chi connectivity index (χ0) is 12.0. The molecule has 0 aliphatic rings. The van der Waals surface area contributed by atoms with Crippen LogP contribution in [0.25, 0.3) is 0 Å². The molecule has 0 fully saturated rings. The Morgan fingerprint density at radius 2 is 1.88 bits per heavy atom. The van der Waals surface area contributed by atoms with E-state index in [4.69, 9.17) is 0 Å². The van der Waals surface area contributed by atoms with E-state index < -0.39 is 0 Å². The smallest absolute Gasteiger partial charge is 0.319 e. The number of nitrogens with one attached hydrogen (secondary N) is 2. The Morgan fingerprint density at radius 3 is 2.44 bits per heavy atom. The number of amides is 2. The van der Waals surface area contributed by atoms with E-state index in [0.29, 0.717) is 0 Å². The number of anilines is 1. The second-order valence-corrected chi connectivity index (χ2v) is 4.58. The number of carbonyl (C=O) groups is 1. The average Bonchev–Trinajstić information content (AvgIpc) is 2.17. The van der Waals surface area contributed by atoms with Crippen LogP contribution in [0.3, 0.4) is 0 Å². The van der Waals surface area contributed by atoms with Gasteiger partial charge in [-0.25, -0.2) is 4.79 Å². The maximum atomic E-state index is 11.7. The lowest BCUT2D eigenvalue weighted by atomic mass is 9.99. The molecule has 2 N–H and O–H groups in total. The van der Waals surface area contributed by atoms with E-state index in [2.05, 4.69) is 17.6 Å². The van der Waals surface area contributed by atoms with Crippen molar-refractivity contribution in [3.8, 4) is 0 Å². The lowest BCUT2D eigenvalue weighted by Gasteiger charge is -2.25. The molecule has 1 aromatic carbocycles. The summed E-state index contributed by atoms with van der Waals surface area (Å²) in [5.41, 5.74) is 0.653. The summed E-state index contributed by atoms with van der Waals surface area (Å²) in [5, 5.41) is 5.76. The first-order chi connectivity index (χ1) is 7.53. The summed E-state index contributed by atoms with van der Waals surface area (Å²) in [5.74, 6) is 0. The highest BCUT2D eigenvalue weighted by molar-refractivity contribution is 5.89. The van der Waals surface area contributed by atoms with Gasteiger partial charge in [-0.2, -0.15) is 0 Å². The Hall–Kier alpha value is -1.51. The molecule has 0 aliphatic carbocycles. The fourth-order valence-corrected chi connectivity index (χ4v) is 1.68. The van der Waals surface area contributed by atoms with Gasteiger partial charge in [-0.1, -0.05) is 31.5 Å². The van der Waals surface area contributed by atoms with Crippen molar-refractivity contribution in [2.75, 3.05) is 5.32 Å². The SMILES string of the molecule is CCCC(C)(C)NC(=O)Nc1ccccc1. The van der Waals surface area contributed by atoms with Crippen LogP contribution < -0.4 is 10.6 Å². The molecule has 0 saturated heterocycles. The normalized spacial score (nSPS) is 10.9. The standard InChI is InChI=1S/C13H20N2O/c1-4-10-13(2,3)15-12(16)14-11-8-6-5-7-9-11/h5-9H,4,10H2,1-3H3,(H2,14,15,16). The summed E-state index contributed by atoms with van der Waals surface area (Å²) < 4.78 is 0. The molecule has 0 radical (unpaired) electrons. The minimum Gasteiger partial charge on any atom is -0.333 e. The average molecular weight is 220 g/mol. The van der Waals surface area contributed by atoms with Crippen LogP contribution in [0.4, 0.5) is 10.5 Å². The summed E-state index contributed by atoms with van der Waals surface area (Å²) in [6.07, 6.45) is 2.02. The predicted octanol–water partition coefficient (Wildman–Crippen LogP) is 3.39. The van der Waals surface area contributed by atoms with E-state index in [1.165, 1.54) is 0 Å². The first-order valence-electron chi connectivity index (χ1n) is 5.68. The van der Waals surface area contributed by atoms with Gasteiger partial charge in [0.15, 0.2) is 0 Å². The Balaban J connectivity index is 2.48. The van der Waals surface area contributed by atoms with Crippen LogP contribution in [0.1, 0.15) is 33.6 Å². The van der Waals surface area contributed by atoms with Crippen LogP contribution in [0.5, 0.6) is 0 Å². The number of carbonyl (C=O) groups excluding carboxylic acids is 1. The fourth-order valence-electron chi connectivity index (χ4n) is 1.68. The van der Waals surface area contributed by atoms with Crippen molar-refractivity contribution in [2.45, 2.75) is 39.2 Å². The van der Waals surface area contributed by atoms with Crippen LogP contribution >= 0.6 is 0 Å². The number of hydrogen-bond donors (Lipinski definition) is 2. The summed E-state index contributed by atoms with van der Waals surface area (Å²) in [6, 6.07) is 9.30. The molecule has 1 rings (SSSR count). The largest absolute Gasteiger partial charge is 0.333 e. The van der Waals surface area contributed by atoms with Gasteiger partial charge in [0.05, 0.1) is 0 Å². The van der Waals surface area contributed by atoms with Gasteiger partial charge in [-0.05, 0) is 32.4 Å². The molecule has 0 aromatic heterocycles. The van der Waals surface area contributed by atoms with Gasteiger partial charge >= 0.3 is 6.03 Å². The van der Waals surface area contributed by atoms with Crippen molar-refractivity contribution in [1.29, 1.82) is 0 Å². The Labute approximate surface area is 97.2 Å². The zero-order valence-electron chi connectivity index (χ0n) is 10.2. The molecule has 16 heavy (non-hydrogen) atoms. The van der Waals surface area contributed by atoms with Gasteiger partial charge in [0.2, 0.25) is 0 Å². The topological polar surface area (TPSA) is 41.1 Å². The third kappa shape index (κ3) is 4.34. The van der Waals surface area contributed by atoms with Crippen molar-refractivity contribution < 1.29 is 4.79 Å². The minimum atomic E-state index is -0.159. The lowest BCUT2D eigenvalue weighted by Crippen LogP contribution is -2.45. The van der Waals surface area contributed by atoms with Crippen molar-refractivity contribution >= 4 is 11.7 Å². The predicted molar refractivity (Wildman–Crippen MR) is 67.6 cm³/mol. The number of benzene rings is 1. The highest BCUT2D eigenvalue weighted by Crippen LogP contribution is 2.11. The van der Waals surface area contributed by atoms with Crippen LogP contribution in [0, 0.1) is 0 Å². The summed E-state index contributed by atoms with van der Waals surface area (Å²) in [6.45, 7) is 6.17. The van der Waals surface area contributed by atoms with Crippen LogP contribution in [0.15, 0.2) is 30.3 Å². The molecular formula is C13H20N2O. The molecule has 0 spiro atoms. The number of para-hydroxylation sites is 1. The summed E-state index contributed by atoms with van der Waals surface area (Å²) in [4.78, 5) is 11.7. The highest BCUT2D eigenvalue weighted by atomic mass is 16.2. The van der Waals surface area contributed by atoms with E-state index in [1.807, 2.05) is 44.2 Å². The number of urea groups is 1. The van der Waals surface area contributed by atoms with Gasteiger partial charge in [0, 0.05) is 11.2 Å². The van der Waals surface area contributed by atoms with Crippen LogP contribution in [-0.2, 0) is 0 Å². The van der Waals surface area contributed by atoms with Gasteiger partial charge < -0.3 is 10.6 Å². The molecule has 1 aromatic rings. The molecule has 0 bridgehead atoms. The fraction of sp³-hybridized carbons (Fsp3) is 0.462. The summed E-state index contributed by atoms with van der Waals surface area (Å²) >= 11 is 0. The summed E-state index contributed by atoms with van der Waals surface area (Å²) in [7, 11) is 0. The van der Waals surface area contributed by atoms with E-state index in [-0.39, 0.29) is 11.6 Å². The molecule has 0 aliphatic heterocycles. The second kappa shape index (κ2) is 5.54. The van der Waals surface area contributed by atoms with Gasteiger partial charge in [-0.3, -0.25) is 0 Å². The van der Waals surface area contributed by atoms with E-state index in [9.17, 15) is 4.79 Å². The lowest BCUT2D eigenvalue weighted by molar-refractivity contribution is 0.239. The second-order valence-electron chi connectivity index (χ2n) is 4.58. The van der Waals surface area contributed by atoms with Crippen molar-refractivity contribution in [2.24, 2.45) is 0 Å². The molecule has 0 heterocycles. The quantitative estimate of drug-likeness (QED) is 0.802. The van der Waals surface area contributed by atoms with E-state index in [1.54, 1.807) is 0 Å². The molecule has 0 saturated carbocycles. The van der Waals surface area contributed by atoms with Gasteiger partial charge in [0.1, 0.15) is 0 Å². The number of hydrogen-bond acceptors (Lipinski definition) is 1. The maximum absolute atomic E-state index is 11.7. The van der Waals surface area contributed by atoms with E-state index >= 15 is 0 Å². The first kappa shape index (κ1) is 12.6.